The fraction of sp³-hybridized carbons (Fsp3) is 0.143. The number of aromatic nitrogens is 5. The summed E-state index contributed by atoms with van der Waals surface area (Å²) in [6, 6.07) is 5.34. The van der Waals surface area contributed by atoms with Gasteiger partial charge in [0.05, 0.1) is 5.52 Å². The first-order chi connectivity index (χ1) is 11.2. The molecule has 0 aromatic carbocycles. The predicted octanol–water partition coefficient (Wildman–Crippen LogP) is 2.27. The molecule has 0 radical (unpaired) electrons. The second kappa shape index (κ2) is 5.32. The Morgan fingerprint density at radius 3 is 3.04 bits per heavy atom. The van der Waals surface area contributed by atoms with Gasteiger partial charge in [0, 0.05) is 13.2 Å². The zero-order valence-corrected chi connectivity index (χ0v) is 13.5. The van der Waals surface area contributed by atoms with Crippen LogP contribution in [0.2, 0.25) is 5.15 Å². The van der Waals surface area contributed by atoms with E-state index in [1.807, 2.05) is 15.8 Å². The SMILES string of the molecule is Cn1c(=O)c2sccc2n2c(COc3cccnc3Cl)nnc12. The van der Waals surface area contributed by atoms with Gasteiger partial charge in [-0.2, -0.15) is 0 Å². The minimum atomic E-state index is -0.0855. The molecule has 116 valence electrons. The third kappa shape index (κ3) is 2.18. The molecule has 23 heavy (non-hydrogen) atoms. The summed E-state index contributed by atoms with van der Waals surface area (Å²) >= 11 is 7.37. The number of fused-ring (bicyclic) bond motifs is 3. The van der Waals surface area contributed by atoms with E-state index in [4.69, 9.17) is 16.3 Å². The van der Waals surface area contributed by atoms with Crippen LogP contribution in [0.25, 0.3) is 16.0 Å². The normalized spacial score (nSPS) is 11.4. The van der Waals surface area contributed by atoms with Crippen molar-refractivity contribution in [2.24, 2.45) is 7.05 Å². The summed E-state index contributed by atoms with van der Waals surface area (Å²) in [7, 11) is 1.67. The van der Waals surface area contributed by atoms with Gasteiger partial charge in [-0.3, -0.25) is 13.8 Å². The molecule has 0 spiro atoms. The highest BCUT2D eigenvalue weighted by Gasteiger charge is 2.16. The van der Waals surface area contributed by atoms with E-state index in [0.29, 0.717) is 22.1 Å². The lowest BCUT2D eigenvalue weighted by Gasteiger charge is -2.07. The molecule has 9 heteroatoms. The second-order valence-electron chi connectivity index (χ2n) is 4.83. The Morgan fingerprint density at radius 1 is 1.35 bits per heavy atom. The minimum Gasteiger partial charge on any atom is -0.482 e. The molecule has 7 nitrogen and oxygen atoms in total. The molecule has 0 aliphatic rings. The van der Waals surface area contributed by atoms with Crippen molar-refractivity contribution in [1.29, 1.82) is 0 Å². The first-order valence-electron chi connectivity index (χ1n) is 6.70. The molecular weight excluding hydrogens is 338 g/mol. The van der Waals surface area contributed by atoms with Crippen molar-refractivity contribution in [1.82, 2.24) is 24.1 Å². The Balaban J connectivity index is 1.82. The molecule has 0 fully saturated rings. The van der Waals surface area contributed by atoms with Crippen LogP contribution in [0.5, 0.6) is 5.75 Å². The Kier molecular flexibility index (Phi) is 3.28. The molecule has 0 bridgehead atoms. The quantitative estimate of drug-likeness (QED) is 0.531. The first kappa shape index (κ1) is 14.2. The van der Waals surface area contributed by atoms with Crippen molar-refractivity contribution >= 4 is 38.9 Å². The first-order valence-corrected chi connectivity index (χ1v) is 7.96. The van der Waals surface area contributed by atoms with E-state index in [1.165, 1.54) is 15.9 Å². The number of hydrogen-bond donors (Lipinski definition) is 0. The van der Waals surface area contributed by atoms with Crippen LogP contribution in [0.4, 0.5) is 0 Å². The van der Waals surface area contributed by atoms with Gasteiger partial charge >= 0.3 is 0 Å². The number of rotatable bonds is 3. The number of aryl methyl sites for hydroxylation is 1. The minimum absolute atomic E-state index is 0.0855. The zero-order valence-electron chi connectivity index (χ0n) is 11.9. The van der Waals surface area contributed by atoms with E-state index in [9.17, 15) is 4.79 Å². The maximum absolute atomic E-state index is 12.3. The Morgan fingerprint density at radius 2 is 2.22 bits per heavy atom. The topological polar surface area (TPSA) is 74.3 Å². The van der Waals surface area contributed by atoms with Crippen LogP contribution in [0.3, 0.4) is 0 Å². The summed E-state index contributed by atoms with van der Waals surface area (Å²) in [6.45, 7) is 0.162. The van der Waals surface area contributed by atoms with Gasteiger partial charge in [-0.15, -0.1) is 21.5 Å². The van der Waals surface area contributed by atoms with Crippen molar-refractivity contribution in [2.75, 3.05) is 0 Å². The Labute approximate surface area is 138 Å². The van der Waals surface area contributed by atoms with E-state index >= 15 is 0 Å². The second-order valence-corrected chi connectivity index (χ2v) is 6.11. The monoisotopic (exact) mass is 347 g/mol. The van der Waals surface area contributed by atoms with Crippen molar-refractivity contribution in [3.63, 3.8) is 0 Å². The largest absolute Gasteiger partial charge is 0.482 e. The van der Waals surface area contributed by atoms with Crippen LogP contribution >= 0.6 is 22.9 Å². The van der Waals surface area contributed by atoms with E-state index < -0.39 is 0 Å². The van der Waals surface area contributed by atoms with Gasteiger partial charge in [-0.1, -0.05) is 11.6 Å². The lowest BCUT2D eigenvalue weighted by molar-refractivity contribution is 0.294. The molecule has 0 N–H and O–H groups in total. The summed E-state index contributed by atoms with van der Waals surface area (Å²) in [5.41, 5.74) is 0.687. The summed E-state index contributed by atoms with van der Waals surface area (Å²) in [6.07, 6.45) is 1.59. The lowest BCUT2D eigenvalue weighted by Crippen LogP contribution is -2.19. The lowest BCUT2D eigenvalue weighted by atomic mass is 10.4. The molecule has 4 aromatic rings. The van der Waals surface area contributed by atoms with Gasteiger partial charge in [-0.05, 0) is 23.6 Å². The zero-order chi connectivity index (χ0) is 16.0. The standard InChI is InChI=1S/C14H10ClN5O2S/c1-19-13(21)11-8(4-6-23-11)20-10(17-18-14(19)20)7-22-9-3-2-5-16-12(9)15/h2-6H,7H2,1H3. The Bertz CT molecular complexity index is 1080. The van der Waals surface area contributed by atoms with Crippen LogP contribution in [-0.2, 0) is 13.7 Å². The maximum Gasteiger partial charge on any atom is 0.272 e. The molecular formula is C14H10ClN5O2S. The number of halogens is 1. The van der Waals surface area contributed by atoms with Crippen molar-refractivity contribution < 1.29 is 4.74 Å². The van der Waals surface area contributed by atoms with Gasteiger partial charge < -0.3 is 4.74 Å². The van der Waals surface area contributed by atoms with Gasteiger partial charge in [-0.25, -0.2) is 4.98 Å². The third-order valence-electron chi connectivity index (χ3n) is 3.48. The molecule has 4 heterocycles. The fourth-order valence-corrected chi connectivity index (χ4v) is 3.39. The van der Waals surface area contributed by atoms with Crippen LogP contribution < -0.4 is 10.3 Å². The number of ether oxygens (including phenoxy) is 1. The highest BCUT2D eigenvalue weighted by Crippen LogP contribution is 2.23. The molecule has 4 rings (SSSR count). The summed E-state index contributed by atoms with van der Waals surface area (Å²) < 4.78 is 9.63. The molecule has 0 saturated heterocycles. The maximum atomic E-state index is 12.3. The van der Waals surface area contributed by atoms with Gasteiger partial charge in [0.2, 0.25) is 5.78 Å². The van der Waals surface area contributed by atoms with Crippen molar-refractivity contribution in [3.8, 4) is 5.75 Å². The molecule has 0 aliphatic heterocycles. The molecule has 0 saturated carbocycles. The molecule has 4 aromatic heterocycles. The van der Waals surface area contributed by atoms with Gasteiger partial charge in [0.25, 0.3) is 5.56 Å². The molecule has 0 aliphatic carbocycles. The van der Waals surface area contributed by atoms with E-state index in [1.54, 1.807) is 25.4 Å². The van der Waals surface area contributed by atoms with Crippen LogP contribution in [0, 0.1) is 0 Å². The van der Waals surface area contributed by atoms with Crippen molar-refractivity contribution in [3.05, 3.63) is 51.1 Å². The van der Waals surface area contributed by atoms with E-state index in [0.717, 1.165) is 5.52 Å². The molecule has 0 amide bonds. The average molecular weight is 348 g/mol. The third-order valence-corrected chi connectivity index (χ3v) is 4.65. The summed E-state index contributed by atoms with van der Waals surface area (Å²) in [5, 5.41) is 10.4. The Hall–Kier alpha value is -2.45. The summed E-state index contributed by atoms with van der Waals surface area (Å²) in [4.78, 5) is 16.2. The molecule has 0 atom stereocenters. The average Bonchev–Trinajstić information content (AvgIpc) is 3.18. The number of thiophene rings is 1. The predicted molar refractivity (Wildman–Crippen MR) is 87.2 cm³/mol. The van der Waals surface area contributed by atoms with Crippen LogP contribution in [0.1, 0.15) is 5.82 Å². The van der Waals surface area contributed by atoms with Crippen LogP contribution in [-0.4, -0.2) is 24.1 Å². The van der Waals surface area contributed by atoms with E-state index in [2.05, 4.69) is 15.2 Å². The van der Waals surface area contributed by atoms with Gasteiger partial charge in [0.1, 0.15) is 11.3 Å². The highest BCUT2D eigenvalue weighted by atomic mass is 35.5. The number of hydrogen-bond acceptors (Lipinski definition) is 6. The summed E-state index contributed by atoms with van der Waals surface area (Å²) in [5.74, 6) is 1.52. The van der Waals surface area contributed by atoms with Crippen LogP contribution in [0.15, 0.2) is 34.6 Å². The number of pyridine rings is 1. The molecule has 0 unspecified atom stereocenters. The number of nitrogens with zero attached hydrogens (tertiary/aromatic N) is 5. The smallest absolute Gasteiger partial charge is 0.272 e. The fourth-order valence-electron chi connectivity index (χ4n) is 2.37. The highest BCUT2D eigenvalue weighted by molar-refractivity contribution is 7.17. The van der Waals surface area contributed by atoms with Crippen molar-refractivity contribution in [2.45, 2.75) is 6.61 Å². The van der Waals surface area contributed by atoms with E-state index in [-0.39, 0.29) is 17.3 Å². The van der Waals surface area contributed by atoms with Gasteiger partial charge in [0.15, 0.2) is 16.7 Å².